The second kappa shape index (κ2) is 48.3. The van der Waals surface area contributed by atoms with E-state index in [4.69, 9.17) is 24.3 Å². The lowest BCUT2D eigenvalue weighted by atomic mass is 10.0. The van der Waals surface area contributed by atoms with Crippen LogP contribution in [0.1, 0.15) is 264 Å². The monoisotopic (exact) mass is 858 g/mol. The van der Waals surface area contributed by atoms with Crippen molar-refractivity contribution in [3.8, 4) is 0 Å². The summed E-state index contributed by atoms with van der Waals surface area (Å²) < 4.78 is 33.6. The van der Waals surface area contributed by atoms with Crippen molar-refractivity contribution in [2.75, 3.05) is 33.0 Å². The van der Waals surface area contributed by atoms with Crippen LogP contribution in [0.4, 0.5) is 0 Å². The normalized spacial score (nSPS) is 13.4. The van der Waals surface area contributed by atoms with E-state index < -0.39 is 13.9 Å². The summed E-state index contributed by atoms with van der Waals surface area (Å²) in [5.74, 6) is -0.326. The average Bonchev–Trinajstić information content (AvgIpc) is 3.23. The highest BCUT2D eigenvalue weighted by atomic mass is 31.2. The van der Waals surface area contributed by atoms with Gasteiger partial charge in [0.2, 0.25) is 0 Å². The number of carbonyl (C=O) groups excluding carboxylic acids is 1. The maximum Gasteiger partial charge on any atom is 0.472 e. The predicted molar refractivity (Wildman–Crippen MR) is 252 cm³/mol. The van der Waals surface area contributed by atoms with Gasteiger partial charge in [0.1, 0.15) is 6.10 Å². The van der Waals surface area contributed by atoms with Gasteiger partial charge in [-0.15, -0.1) is 0 Å². The van der Waals surface area contributed by atoms with Gasteiger partial charge in [-0.2, -0.15) is 0 Å². The van der Waals surface area contributed by atoms with Crippen LogP contribution in [-0.2, 0) is 27.9 Å². The Morgan fingerprint density at radius 1 is 0.492 bits per heavy atom. The second-order valence-corrected chi connectivity index (χ2v) is 18.8. The first kappa shape index (κ1) is 58.2. The molecule has 0 fully saturated rings. The molecule has 0 radical (unpaired) electrons. The lowest BCUT2D eigenvalue weighted by Crippen LogP contribution is -2.28. The van der Waals surface area contributed by atoms with Crippen LogP contribution >= 0.6 is 7.82 Å². The minimum Gasteiger partial charge on any atom is -0.457 e. The molecule has 0 aliphatic rings. The highest BCUT2D eigenvalue weighted by molar-refractivity contribution is 7.47. The molecule has 0 heterocycles. The predicted octanol–water partition coefficient (Wildman–Crippen LogP) is 15.8. The molecule has 352 valence electrons. The van der Waals surface area contributed by atoms with Gasteiger partial charge in [-0.05, 0) is 38.5 Å². The zero-order valence-corrected chi connectivity index (χ0v) is 40.2. The lowest BCUT2D eigenvalue weighted by molar-refractivity contribution is -0.154. The molecular weight excluding hydrogens is 758 g/mol. The van der Waals surface area contributed by atoms with Crippen molar-refractivity contribution in [1.29, 1.82) is 0 Å². The minimum atomic E-state index is -4.28. The molecule has 0 bridgehead atoms. The first-order valence-electron chi connectivity index (χ1n) is 25.7. The second-order valence-electron chi connectivity index (χ2n) is 17.4. The van der Waals surface area contributed by atoms with Crippen molar-refractivity contribution in [2.24, 2.45) is 5.73 Å². The van der Waals surface area contributed by atoms with Gasteiger partial charge in [0, 0.05) is 19.6 Å². The van der Waals surface area contributed by atoms with Crippen LogP contribution < -0.4 is 5.73 Å². The van der Waals surface area contributed by atoms with Crippen molar-refractivity contribution >= 4 is 13.8 Å². The Hall–Kier alpha value is -0.760. The van der Waals surface area contributed by atoms with E-state index >= 15 is 0 Å². The molecule has 0 rings (SSSR count). The molecule has 8 nitrogen and oxygen atoms in total. The van der Waals surface area contributed by atoms with Crippen LogP contribution in [0.5, 0.6) is 0 Å². The fourth-order valence-corrected chi connectivity index (χ4v) is 8.41. The number of hydrogen-bond acceptors (Lipinski definition) is 7. The number of rotatable bonds is 50. The van der Waals surface area contributed by atoms with E-state index in [9.17, 15) is 14.3 Å². The molecule has 0 spiro atoms. The van der Waals surface area contributed by atoms with Crippen molar-refractivity contribution < 1.29 is 32.8 Å². The summed E-state index contributed by atoms with van der Waals surface area (Å²) in [6, 6.07) is 0. The third kappa shape index (κ3) is 48.1. The van der Waals surface area contributed by atoms with Gasteiger partial charge in [0.25, 0.3) is 0 Å². The van der Waals surface area contributed by atoms with Crippen LogP contribution in [-0.4, -0.2) is 49.9 Å². The van der Waals surface area contributed by atoms with Gasteiger partial charge in [-0.1, -0.05) is 231 Å². The van der Waals surface area contributed by atoms with Crippen LogP contribution in [0.15, 0.2) is 12.2 Å². The van der Waals surface area contributed by atoms with Gasteiger partial charge in [-0.25, -0.2) is 4.57 Å². The Balaban J connectivity index is 3.90. The smallest absolute Gasteiger partial charge is 0.457 e. The van der Waals surface area contributed by atoms with Gasteiger partial charge in [-0.3, -0.25) is 13.8 Å². The van der Waals surface area contributed by atoms with Crippen molar-refractivity contribution in [2.45, 2.75) is 270 Å². The van der Waals surface area contributed by atoms with Gasteiger partial charge in [0.05, 0.1) is 19.8 Å². The highest BCUT2D eigenvalue weighted by Gasteiger charge is 2.25. The Bertz CT molecular complexity index is 920. The number of nitrogens with two attached hydrogens (primary N) is 1. The number of phosphoric acid groups is 1. The summed E-state index contributed by atoms with van der Waals surface area (Å²) >= 11 is 0. The molecule has 0 aromatic heterocycles. The molecule has 59 heavy (non-hydrogen) atoms. The zero-order valence-electron chi connectivity index (χ0n) is 39.3. The Kier molecular flexibility index (Phi) is 47.7. The number of allylic oxidation sites excluding steroid dienone is 2. The van der Waals surface area contributed by atoms with Crippen LogP contribution in [0.25, 0.3) is 0 Å². The van der Waals surface area contributed by atoms with E-state index in [1.165, 1.54) is 212 Å². The number of carbonyl (C=O) groups is 1. The fourth-order valence-electron chi connectivity index (χ4n) is 7.64. The lowest BCUT2D eigenvalue weighted by Gasteiger charge is -2.20. The van der Waals surface area contributed by atoms with Crippen LogP contribution in [0.2, 0.25) is 0 Å². The van der Waals surface area contributed by atoms with Crippen LogP contribution in [0.3, 0.4) is 0 Å². The summed E-state index contributed by atoms with van der Waals surface area (Å²) in [4.78, 5) is 22.6. The van der Waals surface area contributed by atoms with Crippen LogP contribution in [0, 0.1) is 0 Å². The molecule has 0 saturated carbocycles. The number of esters is 1. The molecule has 2 unspecified atom stereocenters. The summed E-state index contributed by atoms with van der Waals surface area (Å²) in [7, 11) is -4.28. The first-order chi connectivity index (χ1) is 28.9. The number of unbranched alkanes of at least 4 members (excludes halogenated alkanes) is 35. The molecule has 3 N–H and O–H groups in total. The van der Waals surface area contributed by atoms with Gasteiger partial charge >= 0.3 is 13.8 Å². The average molecular weight is 858 g/mol. The fraction of sp³-hybridized carbons (Fsp3) is 0.940. The third-order valence-corrected chi connectivity index (χ3v) is 12.4. The Morgan fingerprint density at radius 3 is 1.24 bits per heavy atom. The summed E-state index contributed by atoms with van der Waals surface area (Å²) in [5.41, 5.74) is 5.39. The van der Waals surface area contributed by atoms with Crippen molar-refractivity contribution in [3.63, 3.8) is 0 Å². The topological polar surface area (TPSA) is 117 Å². The molecular formula is C50H100NO7P. The molecule has 0 aliphatic heterocycles. The minimum absolute atomic E-state index is 0.0921. The van der Waals surface area contributed by atoms with Crippen molar-refractivity contribution in [3.05, 3.63) is 12.2 Å². The molecule has 0 saturated heterocycles. The standard InChI is InChI=1S/C50H100NO7P/c1-3-5-7-9-11-13-15-17-19-21-23-24-25-27-29-31-33-35-37-39-41-43-50(52)58-49(48-57-59(53,54)56-46-44-51)47-55-45-42-40-38-36-34-32-30-28-26-22-20-18-16-14-12-10-8-6-4-2/h21,23,49H,3-20,22,24-48,51H2,1-2H3,(H,53,54)/b23-21-. The largest absolute Gasteiger partial charge is 0.472 e. The Labute approximate surface area is 366 Å². The maximum absolute atomic E-state index is 12.6. The summed E-state index contributed by atoms with van der Waals surface area (Å²) in [5, 5.41) is 0. The number of ether oxygens (including phenoxy) is 2. The van der Waals surface area contributed by atoms with E-state index in [0.29, 0.717) is 13.0 Å². The van der Waals surface area contributed by atoms with Gasteiger partial charge < -0.3 is 20.1 Å². The van der Waals surface area contributed by atoms with E-state index in [1.54, 1.807) is 0 Å². The molecule has 2 atom stereocenters. The SMILES string of the molecule is CCCCCCCCCC/C=C\CCCCCCCCCCCC(=O)OC(COCCCCCCCCCCCCCCCCCCCCC)COP(=O)(O)OCCN. The Morgan fingerprint density at radius 2 is 0.847 bits per heavy atom. The summed E-state index contributed by atoms with van der Waals surface area (Å²) in [6.45, 7) is 4.99. The van der Waals surface area contributed by atoms with E-state index in [-0.39, 0.29) is 32.3 Å². The molecule has 0 aromatic carbocycles. The quantitative estimate of drug-likeness (QED) is 0.0269. The molecule has 0 amide bonds. The number of phosphoric ester groups is 1. The number of hydrogen-bond donors (Lipinski definition) is 2. The highest BCUT2D eigenvalue weighted by Crippen LogP contribution is 2.43. The maximum atomic E-state index is 12.6. The van der Waals surface area contributed by atoms with E-state index in [2.05, 4.69) is 26.0 Å². The summed E-state index contributed by atoms with van der Waals surface area (Å²) in [6.07, 6.45) is 53.9. The van der Waals surface area contributed by atoms with Gasteiger partial charge in [0.15, 0.2) is 0 Å². The third-order valence-electron chi connectivity index (χ3n) is 11.4. The molecule has 0 aromatic rings. The molecule has 9 heteroatoms. The zero-order chi connectivity index (χ0) is 43.0. The first-order valence-corrected chi connectivity index (χ1v) is 27.2. The van der Waals surface area contributed by atoms with Crippen molar-refractivity contribution in [1.82, 2.24) is 0 Å². The van der Waals surface area contributed by atoms with E-state index in [1.807, 2.05) is 0 Å². The van der Waals surface area contributed by atoms with E-state index in [0.717, 1.165) is 32.1 Å². The molecule has 0 aliphatic carbocycles.